The standard InChI is InChI=1S/C26H26FN5O2S2/c1-17(35)28-15-20-16-32(26(33)34-20)19-7-9-24(21(27)14-19)30-10-12-31(13-11-30)25(36)23-8-6-18-4-2-3-5-22(18)29-23/h2-9,14,20H,10-13,15-16H2,1H3,(H,28,35). The molecule has 3 heterocycles. The monoisotopic (exact) mass is 523 g/mol. The van der Waals surface area contributed by atoms with Crippen LogP contribution in [0.15, 0.2) is 54.6 Å². The van der Waals surface area contributed by atoms with Crippen molar-refractivity contribution in [3.05, 3.63) is 66.1 Å². The van der Waals surface area contributed by atoms with Crippen molar-refractivity contribution in [2.75, 3.05) is 49.1 Å². The van der Waals surface area contributed by atoms with Gasteiger partial charge in [0.05, 0.1) is 40.7 Å². The number of rotatable bonds is 5. The predicted octanol–water partition coefficient (Wildman–Crippen LogP) is 4.13. The van der Waals surface area contributed by atoms with Crippen molar-refractivity contribution < 1.29 is 13.9 Å². The fraction of sp³-hybridized carbons (Fsp3) is 0.308. The first-order chi connectivity index (χ1) is 17.4. The van der Waals surface area contributed by atoms with Gasteiger partial charge in [-0.05, 0) is 37.3 Å². The smallest absolute Gasteiger partial charge is 0.414 e. The maximum atomic E-state index is 15.1. The first-order valence-corrected chi connectivity index (χ1v) is 12.6. The number of benzene rings is 2. The van der Waals surface area contributed by atoms with E-state index < -0.39 is 6.09 Å². The third kappa shape index (κ3) is 5.10. The Morgan fingerprint density at radius 1 is 1.11 bits per heavy atom. The molecule has 1 amide bonds. The molecule has 1 N–H and O–H groups in total. The number of halogens is 1. The number of ether oxygens (including phenoxy) is 1. The number of cyclic esters (lactones) is 1. The highest BCUT2D eigenvalue weighted by molar-refractivity contribution is 7.80. The van der Waals surface area contributed by atoms with Gasteiger partial charge in [0.2, 0.25) is 0 Å². The van der Waals surface area contributed by atoms with Gasteiger partial charge in [-0.2, -0.15) is 0 Å². The Kier molecular flexibility index (Phi) is 6.97. The molecule has 0 spiro atoms. The summed E-state index contributed by atoms with van der Waals surface area (Å²) in [6.45, 7) is 5.12. The Hall–Kier alpha value is -3.37. The number of nitrogens with one attached hydrogen (secondary N) is 1. The summed E-state index contributed by atoms with van der Waals surface area (Å²) in [5.41, 5.74) is 2.68. The van der Waals surface area contributed by atoms with E-state index in [-0.39, 0.29) is 11.9 Å². The van der Waals surface area contributed by atoms with Crippen molar-refractivity contribution >= 4 is 62.8 Å². The number of amides is 1. The molecule has 1 aromatic heterocycles. The maximum Gasteiger partial charge on any atom is 0.414 e. The Labute approximate surface area is 219 Å². The van der Waals surface area contributed by atoms with Gasteiger partial charge >= 0.3 is 6.09 Å². The van der Waals surface area contributed by atoms with Crippen LogP contribution in [0.5, 0.6) is 0 Å². The van der Waals surface area contributed by atoms with Gasteiger partial charge in [-0.3, -0.25) is 4.90 Å². The number of pyridine rings is 1. The van der Waals surface area contributed by atoms with Gasteiger partial charge < -0.3 is 19.9 Å². The van der Waals surface area contributed by atoms with E-state index in [0.29, 0.717) is 60.6 Å². The number of carbonyl (C=O) groups is 1. The number of piperazine rings is 1. The van der Waals surface area contributed by atoms with Crippen LogP contribution in [0.2, 0.25) is 0 Å². The second kappa shape index (κ2) is 10.3. The number of carbonyl (C=O) groups excluding carboxylic acids is 1. The summed E-state index contributed by atoms with van der Waals surface area (Å²) >= 11 is 10.7. The number of hydrogen-bond acceptors (Lipinski definition) is 6. The topological polar surface area (TPSA) is 60.9 Å². The van der Waals surface area contributed by atoms with E-state index in [2.05, 4.69) is 10.2 Å². The van der Waals surface area contributed by atoms with Crippen LogP contribution in [0.25, 0.3) is 10.9 Å². The number of anilines is 2. The Morgan fingerprint density at radius 3 is 2.64 bits per heavy atom. The minimum absolute atomic E-state index is 0.339. The molecule has 3 aromatic rings. The molecular formula is C26H26FN5O2S2. The van der Waals surface area contributed by atoms with Crippen molar-refractivity contribution in [2.24, 2.45) is 0 Å². The van der Waals surface area contributed by atoms with Gasteiger partial charge in [-0.1, -0.05) is 48.7 Å². The third-order valence-electron chi connectivity index (χ3n) is 6.42. The SMILES string of the molecule is CC(=S)NCC1CN(c2ccc(N3CCN(C(=S)c4ccc5ccccc5n4)CC3)c(F)c2)C(=O)O1. The molecule has 2 aliphatic heterocycles. The number of thiocarbonyl (C=S) groups is 2. The molecule has 2 fully saturated rings. The number of fused-ring (bicyclic) bond motifs is 1. The van der Waals surface area contributed by atoms with E-state index in [1.54, 1.807) is 19.1 Å². The van der Waals surface area contributed by atoms with Gasteiger partial charge in [0.15, 0.2) is 0 Å². The lowest BCUT2D eigenvalue weighted by Crippen LogP contribution is -2.48. The number of aromatic nitrogens is 1. The second-order valence-corrected chi connectivity index (χ2v) is 9.86. The lowest BCUT2D eigenvalue weighted by molar-refractivity contribution is 0.143. The largest absolute Gasteiger partial charge is 0.442 e. The van der Waals surface area contributed by atoms with Crippen molar-refractivity contribution in [3.63, 3.8) is 0 Å². The Balaban J connectivity index is 1.21. The van der Waals surface area contributed by atoms with Crippen LogP contribution in [-0.4, -0.2) is 71.3 Å². The molecule has 0 saturated carbocycles. The zero-order valence-corrected chi connectivity index (χ0v) is 21.4. The van der Waals surface area contributed by atoms with Crippen molar-refractivity contribution in [1.82, 2.24) is 15.2 Å². The molecule has 36 heavy (non-hydrogen) atoms. The molecule has 2 aliphatic rings. The average Bonchev–Trinajstić information content (AvgIpc) is 3.27. The average molecular weight is 524 g/mol. The summed E-state index contributed by atoms with van der Waals surface area (Å²) in [6.07, 6.45) is -0.826. The zero-order valence-electron chi connectivity index (χ0n) is 19.8. The van der Waals surface area contributed by atoms with Crippen LogP contribution < -0.4 is 15.1 Å². The highest BCUT2D eigenvalue weighted by atomic mass is 32.1. The fourth-order valence-electron chi connectivity index (χ4n) is 4.51. The Bertz CT molecular complexity index is 1330. The summed E-state index contributed by atoms with van der Waals surface area (Å²) in [6, 6.07) is 16.8. The lowest BCUT2D eigenvalue weighted by atomic mass is 10.2. The van der Waals surface area contributed by atoms with Crippen LogP contribution in [0.4, 0.5) is 20.6 Å². The van der Waals surface area contributed by atoms with E-state index in [1.807, 2.05) is 41.3 Å². The third-order valence-corrected chi connectivity index (χ3v) is 7.03. The first-order valence-electron chi connectivity index (χ1n) is 11.8. The molecule has 2 aromatic carbocycles. The minimum atomic E-state index is -0.486. The maximum absolute atomic E-state index is 15.1. The van der Waals surface area contributed by atoms with E-state index >= 15 is 4.39 Å². The van der Waals surface area contributed by atoms with Crippen molar-refractivity contribution in [3.8, 4) is 0 Å². The Morgan fingerprint density at radius 2 is 1.89 bits per heavy atom. The predicted molar refractivity (Wildman–Crippen MR) is 148 cm³/mol. The molecule has 186 valence electrons. The molecular weight excluding hydrogens is 497 g/mol. The summed E-state index contributed by atoms with van der Waals surface area (Å²) in [4.78, 5) is 23.9. The molecule has 0 aliphatic carbocycles. The summed E-state index contributed by atoms with van der Waals surface area (Å²) in [5.74, 6) is -0.371. The van der Waals surface area contributed by atoms with Gasteiger partial charge in [0.1, 0.15) is 16.9 Å². The van der Waals surface area contributed by atoms with Crippen LogP contribution >= 0.6 is 24.4 Å². The number of para-hydroxylation sites is 1. The summed E-state index contributed by atoms with van der Waals surface area (Å²) in [7, 11) is 0. The lowest BCUT2D eigenvalue weighted by Gasteiger charge is -2.37. The van der Waals surface area contributed by atoms with Crippen LogP contribution in [0.3, 0.4) is 0 Å². The molecule has 10 heteroatoms. The van der Waals surface area contributed by atoms with Gasteiger partial charge in [0, 0.05) is 31.6 Å². The molecule has 2 saturated heterocycles. The van der Waals surface area contributed by atoms with E-state index in [4.69, 9.17) is 34.2 Å². The van der Waals surface area contributed by atoms with Crippen molar-refractivity contribution in [1.29, 1.82) is 0 Å². The molecule has 7 nitrogen and oxygen atoms in total. The van der Waals surface area contributed by atoms with Crippen LogP contribution in [0, 0.1) is 5.82 Å². The minimum Gasteiger partial charge on any atom is -0.442 e. The van der Waals surface area contributed by atoms with Crippen LogP contribution in [0.1, 0.15) is 12.6 Å². The van der Waals surface area contributed by atoms with E-state index in [1.165, 1.54) is 11.0 Å². The van der Waals surface area contributed by atoms with Gasteiger partial charge in [-0.15, -0.1) is 0 Å². The molecule has 1 atom stereocenters. The van der Waals surface area contributed by atoms with Gasteiger partial charge in [-0.25, -0.2) is 14.2 Å². The fourth-order valence-corrected chi connectivity index (χ4v) is 4.89. The highest BCUT2D eigenvalue weighted by Crippen LogP contribution is 2.29. The van der Waals surface area contributed by atoms with E-state index in [9.17, 15) is 4.79 Å². The summed E-state index contributed by atoms with van der Waals surface area (Å²) in [5, 5.41) is 4.08. The molecule has 0 bridgehead atoms. The van der Waals surface area contributed by atoms with Crippen LogP contribution in [-0.2, 0) is 4.74 Å². The first kappa shape index (κ1) is 24.3. The highest BCUT2D eigenvalue weighted by Gasteiger charge is 2.33. The molecule has 5 rings (SSSR count). The normalized spacial score (nSPS) is 17.9. The molecule has 0 radical (unpaired) electrons. The van der Waals surface area contributed by atoms with Crippen molar-refractivity contribution in [2.45, 2.75) is 13.0 Å². The number of hydrogen-bond donors (Lipinski definition) is 1. The zero-order chi connectivity index (χ0) is 25.2. The second-order valence-electron chi connectivity index (χ2n) is 8.86. The summed E-state index contributed by atoms with van der Waals surface area (Å²) < 4.78 is 20.5. The quantitative estimate of drug-likeness (QED) is 0.501. The number of nitrogens with zero attached hydrogens (tertiary/aromatic N) is 4. The van der Waals surface area contributed by atoms with E-state index in [0.717, 1.165) is 16.6 Å². The van der Waals surface area contributed by atoms with Gasteiger partial charge in [0.25, 0.3) is 0 Å². The molecule has 1 unspecified atom stereocenters.